The first kappa shape index (κ1) is 32.7. The van der Waals surface area contributed by atoms with Gasteiger partial charge in [0.1, 0.15) is 12.7 Å². The topological polar surface area (TPSA) is 135 Å². The second kappa shape index (κ2) is 12.8. The molecule has 0 bridgehead atoms. The molecule has 2 saturated heterocycles. The summed E-state index contributed by atoms with van der Waals surface area (Å²) in [5.41, 5.74) is 0.108. The highest BCUT2D eigenvalue weighted by atomic mass is 32.2. The highest BCUT2D eigenvalue weighted by molar-refractivity contribution is 7.89. The SMILES string of the molecule is C=C1CC(C(=O)OCC)(C(=O)OCC)[C@H]2O[C@H](COC(=O)OCC(C)C)[C@@H]3[C@@H](C(=C)CN3S(=O)(=O)c3ccc(C)cc3)[C@@H]12. The van der Waals surface area contributed by atoms with Crippen LogP contribution in [0, 0.1) is 30.1 Å². The summed E-state index contributed by atoms with van der Waals surface area (Å²) in [5, 5.41) is 0. The number of hydrogen-bond donors (Lipinski definition) is 0. The van der Waals surface area contributed by atoms with Gasteiger partial charge in [0.2, 0.25) is 10.0 Å². The van der Waals surface area contributed by atoms with E-state index >= 15 is 0 Å². The third-order valence-electron chi connectivity index (χ3n) is 8.22. The maximum atomic E-state index is 14.0. The molecule has 3 aliphatic rings. The van der Waals surface area contributed by atoms with Gasteiger partial charge in [0.15, 0.2) is 5.41 Å². The zero-order valence-electron chi connectivity index (χ0n) is 25.4. The number of esters is 2. The Hall–Kier alpha value is -3.22. The summed E-state index contributed by atoms with van der Waals surface area (Å²) < 4.78 is 57.2. The van der Waals surface area contributed by atoms with Gasteiger partial charge in [-0.05, 0) is 45.2 Å². The summed E-state index contributed by atoms with van der Waals surface area (Å²) >= 11 is 0. The van der Waals surface area contributed by atoms with Crippen molar-refractivity contribution in [3.05, 3.63) is 54.1 Å². The lowest BCUT2D eigenvalue weighted by molar-refractivity contribution is -0.201. The summed E-state index contributed by atoms with van der Waals surface area (Å²) in [5.74, 6) is -2.82. The van der Waals surface area contributed by atoms with Gasteiger partial charge in [0.25, 0.3) is 0 Å². The first-order chi connectivity index (χ1) is 20.3. The molecule has 43 heavy (non-hydrogen) atoms. The maximum absolute atomic E-state index is 14.0. The van der Waals surface area contributed by atoms with Gasteiger partial charge in [-0.15, -0.1) is 0 Å². The minimum absolute atomic E-state index is 0.0133. The van der Waals surface area contributed by atoms with Crippen molar-refractivity contribution in [3.63, 3.8) is 0 Å². The number of sulfonamides is 1. The standard InChI is InChI=1S/C31H41NO10S/c1-8-38-28(33)31(29(34)39-9-2)14-20(6)25-24-21(7)15-32(43(36,37)22-12-10-19(5)11-13-22)26(24)23(42-27(25)31)17-41-30(35)40-16-18(3)4/h10-13,18,23-27H,6-9,14-17H2,1-5H3/t23-,24+,25-,26-,27+/m1/s1. The molecular weight excluding hydrogens is 578 g/mol. The Bertz CT molecular complexity index is 1350. The lowest BCUT2D eigenvalue weighted by atomic mass is 9.72. The molecule has 0 unspecified atom stereocenters. The minimum atomic E-state index is -4.07. The molecule has 2 aliphatic heterocycles. The molecule has 2 heterocycles. The molecule has 3 fully saturated rings. The second-order valence-corrected chi connectivity index (χ2v) is 13.6. The van der Waals surface area contributed by atoms with Crippen LogP contribution in [0.15, 0.2) is 53.5 Å². The van der Waals surface area contributed by atoms with Crippen LogP contribution in [0.2, 0.25) is 0 Å². The van der Waals surface area contributed by atoms with Gasteiger partial charge >= 0.3 is 18.1 Å². The lowest BCUT2D eigenvalue weighted by Crippen LogP contribution is -2.61. The monoisotopic (exact) mass is 619 g/mol. The molecular formula is C31H41NO10S. The van der Waals surface area contributed by atoms with Crippen molar-refractivity contribution in [2.45, 2.75) is 64.2 Å². The molecule has 4 rings (SSSR count). The molecule has 1 aromatic carbocycles. The van der Waals surface area contributed by atoms with Crippen LogP contribution in [0.25, 0.3) is 0 Å². The third-order valence-corrected chi connectivity index (χ3v) is 10.1. The van der Waals surface area contributed by atoms with Gasteiger partial charge in [-0.25, -0.2) is 13.2 Å². The fourth-order valence-corrected chi connectivity index (χ4v) is 8.03. The average molecular weight is 620 g/mol. The van der Waals surface area contributed by atoms with Crippen LogP contribution in [0.1, 0.15) is 39.7 Å². The first-order valence-corrected chi connectivity index (χ1v) is 16.0. The van der Waals surface area contributed by atoms with E-state index in [1.54, 1.807) is 26.0 Å². The van der Waals surface area contributed by atoms with E-state index in [1.807, 2.05) is 20.8 Å². The molecule has 0 aromatic heterocycles. The quantitative estimate of drug-likeness (QED) is 0.165. The fraction of sp³-hybridized carbons (Fsp3) is 0.581. The lowest BCUT2D eigenvalue weighted by Gasteiger charge is -2.46. The van der Waals surface area contributed by atoms with E-state index in [9.17, 15) is 22.8 Å². The van der Waals surface area contributed by atoms with Crippen molar-refractivity contribution in [2.24, 2.45) is 23.2 Å². The Morgan fingerprint density at radius 1 is 0.977 bits per heavy atom. The number of hydrogen-bond acceptors (Lipinski definition) is 10. The van der Waals surface area contributed by atoms with Crippen molar-refractivity contribution in [1.29, 1.82) is 0 Å². The maximum Gasteiger partial charge on any atom is 0.508 e. The summed E-state index contributed by atoms with van der Waals surface area (Å²) in [7, 11) is -4.07. The Labute approximate surface area is 253 Å². The highest BCUT2D eigenvalue weighted by Gasteiger charge is 2.70. The number of fused-ring (bicyclic) bond motifs is 3. The van der Waals surface area contributed by atoms with Gasteiger partial charge in [-0.1, -0.05) is 55.8 Å². The van der Waals surface area contributed by atoms with Crippen LogP contribution in [0.5, 0.6) is 0 Å². The Balaban J connectivity index is 1.79. The normalized spacial score (nSPS) is 26.5. The minimum Gasteiger partial charge on any atom is -0.465 e. The number of ether oxygens (including phenoxy) is 5. The van der Waals surface area contributed by atoms with Gasteiger partial charge in [0, 0.05) is 18.4 Å². The summed E-state index contributed by atoms with van der Waals surface area (Å²) in [6.07, 6.45) is -3.27. The van der Waals surface area contributed by atoms with Crippen LogP contribution >= 0.6 is 0 Å². The summed E-state index contributed by atoms with van der Waals surface area (Å²) in [6.45, 7) is 17.0. The Morgan fingerprint density at radius 3 is 2.14 bits per heavy atom. The molecule has 1 saturated carbocycles. The molecule has 0 N–H and O–H groups in total. The summed E-state index contributed by atoms with van der Waals surface area (Å²) in [4.78, 5) is 39.6. The Morgan fingerprint density at radius 2 is 1.58 bits per heavy atom. The number of carbonyl (C=O) groups is 3. The predicted molar refractivity (Wildman–Crippen MR) is 155 cm³/mol. The van der Waals surface area contributed by atoms with Gasteiger partial charge in [-0.3, -0.25) is 9.59 Å². The molecule has 236 valence electrons. The van der Waals surface area contributed by atoms with Crippen LogP contribution in [0.4, 0.5) is 4.79 Å². The van der Waals surface area contributed by atoms with E-state index < -0.39 is 70.2 Å². The van der Waals surface area contributed by atoms with Crippen molar-refractivity contribution in [2.75, 3.05) is 33.0 Å². The van der Waals surface area contributed by atoms with Crippen LogP contribution < -0.4 is 0 Å². The van der Waals surface area contributed by atoms with Gasteiger partial charge < -0.3 is 23.7 Å². The molecule has 0 spiro atoms. The smallest absolute Gasteiger partial charge is 0.465 e. The Kier molecular flexibility index (Phi) is 9.72. The number of rotatable bonds is 10. The second-order valence-electron chi connectivity index (χ2n) is 11.7. The van der Waals surface area contributed by atoms with Crippen molar-refractivity contribution in [1.82, 2.24) is 4.31 Å². The van der Waals surface area contributed by atoms with E-state index in [0.29, 0.717) is 11.1 Å². The largest absolute Gasteiger partial charge is 0.508 e. The van der Waals surface area contributed by atoms with Crippen LogP contribution in [-0.2, 0) is 43.3 Å². The molecule has 5 atom stereocenters. The van der Waals surface area contributed by atoms with Crippen LogP contribution in [-0.4, -0.2) is 82.0 Å². The number of aryl methyl sites for hydroxylation is 1. The highest BCUT2D eigenvalue weighted by Crippen LogP contribution is 2.58. The molecule has 0 radical (unpaired) electrons. The summed E-state index contributed by atoms with van der Waals surface area (Å²) in [6, 6.07) is 5.60. The zero-order valence-corrected chi connectivity index (χ0v) is 26.2. The average Bonchev–Trinajstić information content (AvgIpc) is 3.46. The predicted octanol–water partition coefficient (Wildman–Crippen LogP) is 3.81. The fourth-order valence-electron chi connectivity index (χ4n) is 6.36. The first-order valence-electron chi connectivity index (χ1n) is 14.5. The van der Waals surface area contributed by atoms with E-state index in [0.717, 1.165) is 5.56 Å². The van der Waals surface area contributed by atoms with Crippen molar-refractivity contribution in [3.8, 4) is 0 Å². The molecule has 1 aliphatic carbocycles. The van der Waals surface area contributed by atoms with Gasteiger partial charge in [-0.2, -0.15) is 4.31 Å². The molecule has 0 amide bonds. The van der Waals surface area contributed by atoms with E-state index in [2.05, 4.69) is 13.2 Å². The zero-order chi connectivity index (χ0) is 31.7. The number of carbonyl (C=O) groups excluding carboxylic acids is 3. The molecule has 11 nitrogen and oxygen atoms in total. The number of benzene rings is 1. The van der Waals surface area contributed by atoms with Crippen LogP contribution in [0.3, 0.4) is 0 Å². The number of nitrogens with zero attached hydrogens (tertiary/aromatic N) is 1. The van der Waals surface area contributed by atoms with E-state index in [4.69, 9.17) is 23.7 Å². The van der Waals surface area contributed by atoms with Crippen molar-refractivity contribution < 1.29 is 46.5 Å². The van der Waals surface area contributed by atoms with Crippen molar-refractivity contribution >= 4 is 28.1 Å². The van der Waals surface area contributed by atoms with E-state index in [-0.39, 0.29) is 43.6 Å². The van der Waals surface area contributed by atoms with E-state index in [1.165, 1.54) is 16.4 Å². The third kappa shape index (κ3) is 5.97. The molecule has 12 heteroatoms. The molecule has 1 aromatic rings. The van der Waals surface area contributed by atoms with Gasteiger partial charge in [0.05, 0.1) is 36.9 Å².